The number of Topliss-reactive ketones (excluding diaryl/α,β-unsaturated/α-hetero) is 1. The molecule has 3 aromatic rings. The number of fused-ring (bicyclic) bond motifs is 3. The van der Waals surface area contributed by atoms with Crippen LogP contribution in [0.15, 0.2) is 67.3 Å². The maximum Gasteiger partial charge on any atom is 0.306 e. The summed E-state index contributed by atoms with van der Waals surface area (Å²) in [4.78, 5) is 63.6. The second-order valence-corrected chi connectivity index (χ2v) is 19.4. The van der Waals surface area contributed by atoms with E-state index in [-0.39, 0.29) is 62.4 Å². The van der Waals surface area contributed by atoms with E-state index in [0.29, 0.717) is 25.0 Å². The van der Waals surface area contributed by atoms with Gasteiger partial charge in [-0.3, -0.25) is 23.9 Å². The highest BCUT2D eigenvalue weighted by Crippen LogP contribution is 2.57. The van der Waals surface area contributed by atoms with Crippen LogP contribution in [0.3, 0.4) is 0 Å². The number of allylic oxidation sites excluding steroid dienone is 2. The van der Waals surface area contributed by atoms with Gasteiger partial charge in [0.05, 0.1) is 53.4 Å². The Labute approximate surface area is 347 Å². The van der Waals surface area contributed by atoms with Gasteiger partial charge in [0, 0.05) is 29.9 Å². The van der Waals surface area contributed by atoms with Gasteiger partial charge in [0.2, 0.25) is 21.8 Å². The molecule has 0 unspecified atom stereocenters. The van der Waals surface area contributed by atoms with Gasteiger partial charge in [-0.15, -0.1) is 6.58 Å². The predicted octanol–water partition coefficient (Wildman–Crippen LogP) is 7.65. The molecule has 312 valence electrons. The third kappa shape index (κ3) is 8.88. The van der Waals surface area contributed by atoms with Crippen molar-refractivity contribution in [3.8, 4) is 17.0 Å². The van der Waals surface area contributed by atoms with E-state index in [1.807, 2.05) is 36.4 Å². The molecule has 0 radical (unpaired) electrons. The molecule has 3 heterocycles. The Balaban J connectivity index is 1.17. The van der Waals surface area contributed by atoms with Gasteiger partial charge in [-0.2, -0.15) is 0 Å². The fourth-order valence-corrected chi connectivity index (χ4v) is 10.9. The number of pyridine rings is 1. The zero-order valence-corrected chi connectivity index (χ0v) is 34.7. The summed E-state index contributed by atoms with van der Waals surface area (Å²) >= 11 is 0. The monoisotopic (exact) mass is 821 g/mol. The molecule has 8 rings (SSSR count). The Morgan fingerprint density at radius 2 is 1.80 bits per heavy atom. The number of carbonyl (C=O) groups excluding carboxylic acids is 4. The van der Waals surface area contributed by atoms with Crippen molar-refractivity contribution >= 4 is 50.6 Å². The van der Waals surface area contributed by atoms with Crippen LogP contribution < -0.4 is 9.46 Å². The molecule has 5 atom stereocenters. The number of ether oxygens (including phenoxy) is 2. The molecule has 2 amide bonds. The molecular weight excluding hydrogens is 767 g/mol. The summed E-state index contributed by atoms with van der Waals surface area (Å²) in [7, 11) is -3.86. The smallest absolute Gasteiger partial charge is 0.306 e. The number of aromatic nitrogens is 1. The molecule has 0 spiro atoms. The summed E-state index contributed by atoms with van der Waals surface area (Å²) in [6, 6.07) is 14.9. The molecule has 3 saturated carbocycles. The maximum atomic E-state index is 15.0. The number of nitrogens with zero attached hydrogens (tertiary/aromatic N) is 2. The molecule has 1 saturated heterocycles. The lowest BCUT2D eigenvalue weighted by Gasteiger charge is -2.34. The molecule has 2 aromatic carbocycles. The van der Waals surface area contributed by atoms with Crippen molar-refractivity contribution in [3.63, 3.8) is 0 Å². The third-order valence-corrected chi connectivity index (χ3v) is 15.1. The summed E-state index contributed by atoms with van der Waals surface area (Å²) in [5, 5.41) is 0.203. The zero-order chi connectivity index (χ0) is 41.3. The lowest BCUT2D eigenvalue weighted by molar-refractivity contribution is -0.152. The van der Waals surface area contributed by atoms with E-state index in [2.05, 4.69) is 42.5 Å². The van der Waals surface area contributed by atoms with Crippen LogP contribution in [-0.2, 0) is 33.9 Å². The molecule has 1 N–H and O–H groups in total. The Morgan fingerprint density at radius 1 is 1.02 bits per heavy atom. The van der Waals surface area contributed by atoms with Gasteiger partial charge in [-0.25, -0.2) is 13.4 Å². The van der Waals surface area contributed by atoms with Crippen LogP contribution >= 0.6 is 0 Å². The number of nitrogens with one attached hydrogen (secondary N) is 1. The van der Waals surface area contributed by atoms with Crippen molar-refractivity contribution in [3.05, 3.63) is 78.4 Å². The number of sulfonamides is 1. The largest absolute Gasteiger partial charge is 0.488 e. The fourth-order valence-electron chi connectivity index (χ4n) is 9.52. The number of aryl methyl sites for hydroxylation is 1. The number of hydrogen-bond acceptors (Lipinski definition) is 9. The molecule has 4 bridgehead atoms. The van der Waals surface area contributed by atoms with E-state index < -0.39 is 50.6 Å². The van der Waals surface area contributed by atoms with Crippen LogP contribution in [0.5, 0.6) is 5.75 Å². The first-order chi connectivity index (χ1) is 28.5. The van der Waals surface area contributed by atoms with Crippen molar-refractivity contribution < 1.29 is 37.1 Å². The average molecular weight is 822 g/mol. The minimum absolute atomic E-state index is 0.0451. The number of ketones is 1. The highest BCUT2D eigenvalue weighted by atomic mass is 32.2. The van der Waals surface area contributed by atoms with Gasteiger partial charge in [0.1, 0.15) is 11.9 Å². The lowest BCUT2D eigenvalue weighted by Crippen LogP contribution is -2.48. The molecule has 4 fully saturated rings. The van der Waals surface area contributed by atoms with Crippen molar-refractivity contribution in [2.24, 2.45) is 23.2 Å². The van der Waals surface area contributed by atoms with Crippen LogP contribution in [0.25, 0.3) is 28.2 Å². The highest BCUT2D eigenvalue weighted by molar-refractivity contribution is 7.90. The number of benzene rings is 2. The van der Waals surface area contributed by atoms with Crippen molar-refractivity contribution in [1.29, 1.82) is 0 Å². The molecule has 11 nitrogen and oxygen atoms in total. The quantitative estimate of drug-likeness (QED) is 0.170. The van der Waals surface area contributed by atoms with E-state index in [1.54, 1.807) is 11.0 Å². The van der Waals surface area contributed by atoms with Gasteiger partial charge in [-0.05, 0) is 93.4 Å². The first-order valence-corrected chi connectivity index (χ1v) is 23.0. The van der Waals surface area contributed by atoms with Gasteiger partial charge >= 0.3 is 5.97 Å². The van der Waals surface area contributed by atoms with Crippen molar-refractivity contribution in [2.75, 3.05) is 13.2 Å². The summed E-state index contributed by atoms with van der Waals surface area (Å²) in [5.41, 5.74) is 3.18. The number of carbonyl (C=O) groups is 4. The second kappa shape index (κ2) is 17.0. The summed E-state index contributed by atoms with van der Waals surface area (Å²) < 4.78 is 40.7. The van der Waals surface area contributed by atoms with Gasteiger partial charge in [-0.1, -0.05) is 67.8 Å². The first kappa shape index (κ1) is 40.9. The number of rotatable bonds is 9. The van der Waals surface area contributed by atoms with Crippen LogP contribution in [-0.4, -0.2) is 72.4 Å². The van der Waals surface area contributed by atoms with E-state index in [0.717, 1.165) is 78.2 Å². The van der Waals surface area contributed by atoms with Gasteiger partial charge < -0.3 is 14.4 Å². The Morgan fingerprint density at radius 3 is 2.53 bits per heavy atom. The highest BCUT2D eigenvalue weighted by Gasteiger charge is 2.61. The predicted molar refractivity (Wildman–Crippen MR) is 225 cm³/mol. The standard InChI is InChI=1S/C47H55N3O8S/c1-3-34-27-47(34,46(54)49-59(55,56)36-19-20-36)28-42(51)41-24-35-29-50(41)45(53)37(31-14-9-6-10-15-31)25-44(52)57-21-13-5-4-8-18-33-23-38-40(22-30(33)2)48-39(26-43(38)58-35)32-16-11-7-12-17-32/h3,7-8,11-12,16-18,22-23,26,31,34-37,41H,1,4-6,9-10,13-15,19-21,24-25,27-29H2,2H3,(H,49,54)/b18-8+/t34-,35-,37+,41+,47-/m1/s1. The molecule has 59 heavy (non-hydrogen) atoms. The van der Waals surface area contributed by atoms with E-state index >= 15 is 4.79 Å². The maximum absolute atomic E-state index is 15.0. The summed E-state index contributed by atoms with van der Waals surface area (Å²) in [5.74, 6) is -2.27. The second-order valence-electron chi connectivity index (χ2n) is 17.4. The van der Waals surface area contributed by atoms with Gasteiger partial charge in [0.25, 0.3) is 0 Å². The molecule has 3 aliphatic carbocycles. The SMILES string of the molecule is C=C[C@@H]1C[C@]1(CC(=O)[C@@H]1C[C@@H]2CN1C(=O)[C@H](C1CCCCC1)CC(=O)OCCCC/C=C/c1cc3c(cc(-c4ccccc4)nc3cc1C)O2)C(=O)NS(=O)(=O)C1CC1. The molecule has 12 heteroatoms. The molecule has 2 aliphatic heterocycles. The van der Waals surface area contributed by atoms with Gasteiger partial charge in [0.15, 0.2) is 5.78 Å². The first-order valence-electron chi connectivity index (χ1n) is 21.5. The summed E-state index contributed by atoms with van der Waals surface area (Å²) in [6.07, 6.45) is 13.2. The average Bonchev–Trinajstić information content (AvgIpc) is 4.16. The number of cyclic esters (lactones) is 1. The lowest BCUT2D eigenvalue weighted by atomic mass is 9.77. The van der Waals surface area contributed by atoms with Crippen molar-refractivity contribution in [1.82, 2.24) is 14.6 Å². The zero-order valence-electron chi connectivity index (χ0n) is 33.9. The molecular formula is C47H55N3O8S. The Kier molecular flexibility index (Phi) is 11.8. The van der Waals surface area contributed by atoms with E-state index in [4.69, 9.17) is 14.5 Å². The molecule has 5 aliphatic rings. The number of hydrogen-bond donors (Lipinski definition) is 1. The topological polar surface area (TPSA) is 149 Å². The Bertz CT molecular complexity index is 2260. The van der Waals surface area contributed by atoms with Crippen molar-refractivity contribution in [2.45, 2.75) is 114 Å². The minimum atomic E-state index is -3.86. The molecule has 1 aromatic heterocycles. The van der Waals surface area contributed by atoms with Crippen LogP contribution in [0.1, 0.15) is 101 Å². The third-order valence-electron chi connectivity index (χ3n) is 13.2. The summed E-state index contributed by atoms with van der Waals surface area (Å²) in [6.45, 7) is 6.28. The normalized spacial score (nSPS) is 27.5. The van der Waals surface area contributed by atoms with E-state index in [9.17, 15) is 22.8 Å². The van der Waals surface area contributed by atoms with Crippen LogP contribution in [0.4, 0.5) is 0 Å². The fraction of sp³-hybridized carbons (Fsp3) is 0.511. The Hall–Kier alpha value is -4.84. The van der Waals surface area contributed by atoms with E-state index in [1.165, 1.54) is 0 Å². The van der Waals surface area contributed by atoms with Crippen LogP contribution in [0, 0.1) is 30.1 Å². The minimum Gasteiger partial charge on any atom is -0.488 e. The number of esters is 1. The number of amides is 2. The van der Waals surface area contributed by atoms with Crippen LogP contribution in [0.2, 0.25) is 0 Å².